The van der Waals surface area contributed by atoms with Gasteiger partial charge in [-0.05, 0) is 25.1 Å². The maximum absolute atomic E-state index is 11.9. The predicted octanol–water partition coefficient (Wildman–Crippen LogP) is 4.52. The van der Waals surface area contributed by atoms with Gasteiger partial charge in [-0.1, -0.05) is 54.6 Å². The Bertz CT molecular complexity index is 821. The molecule has 0 unspecified atom stereocenters. The average molecular weight is 304 g/mol. The van der Waals surface area contributed by atoms with Crippen LogP contribution in [-0.4, -0.2) is 10.9 Å². The Morgan fingerprint density at radius 1 is 1.00 bits per heavy atom. The molecule has 0 radical (unpaired) electrons. The van der Waals surface area contributed by atoms with Gasteiger partial charge in [0.1, 0.15) is 0 Å². The molecule has 0 aliphatic rings. The van der Waals surface area contributed by atoms with Crippen LogP contribution in [0.5, 0.6) is 0 Å². The van der Waals surface area contributed by atoms with Crippen LogP contribution in [0.15, 0.2) is 77.2 Å². The third kappa shape index (κ3) is 3.37. The monoisotopic (exact) mass is 304 g/mol. The van der Waals surface area contributed by atoms with Crippen molar-refractivity contribution in [3.05, 3.63) is 72.8 Å². The molecule has 0 aliphatic carbocycles. The fourth-order valence-electron chi connectivity index (χ4n) is 2.20. The van der Waals surface area contributed by atoms with Gasteiger partial charge in [-0.2, -0.15) is 4.98 Å². The number of amides is 1. The summed E-state index contributed by atoms with van der Waals surface area (Å²) in [4.78, 5) is 16.3. The molecule has 23 heavy (non-hydrogen) atoms. The molecular formula is C19H16N2O2. The van der Waals surface area contributed by atoms with Crippen molar-refractivity contribution in [1.29, 1.82) is 0 Å². The van der Waals surface area contributed by atoms with E-state index in [0.717, 1.165) is 11.1 Å². The van der Waals surface area contributed by atoms with Gasteiger partial charge in [0.15, 0.2) is 11.6 Å². The van der Waals surface area contributed by atoms with E-state index < -0.39 is 0 Å². The Labute approximate surface area is 134 Å². The molecule has 0 fully saturated rings. The second-order valence-corrected chi connectivity index (χ2v) is 4.92. The SMILES string of the molecule is C/C=C/C(=O)Nc1nc(-c2ccccc2)oc1-c1ccccc1. The molecule has 3 rings (SSSR count). The minimum absolute atomic E-state index is 0.238. The van der Waals surface area contributed by atoms with E-state index in [1.807, 2.05) is 60.7 Å². The van der Waals surface area contributed by atoms with Crippen molar-refractivity contribution in [2.24, 2.45) is 0 Å². The zero-order valence-electron chi connectivity index (χ0n) is 12.7. The van der Waals surface area contributed by atoms with E-state index in [1.54, 1.807) is 13.0 Å². The van der Waals surface area contributed by atoms with E-state index in [4.69, 9.17) is 4.42 Å². The first kappa shape index (κ1) is 14.8. The van der Waals surface area contributed by atoms with Gasteiger partial charge in [0.05, 0.1) is 0 Å². The summed E-state index contributed by atoms with van der Waals surface area (Å²) >= 11 is 0. The number of hydrogen-bond acceptors (Lipinski definition) is 3. The van der Waals surface area contributed by atoms with Crippen molar-refractivity contribution in [1.82, 2.24) is 4.98 Å². The van der Waals surface area contributed by atoms with E-state index in [1.165, 1.54) is 6.08 Å². The van der Waals surface area contributed by atoms with E-state index in [-0.39, 0.29) is 5.91 Å². The van der Waals surface area contributed by atoms with E-state index in [9.17, 15) is 4.79 Å². The fourth-order valence-corrected chi connectivity index (χ4v) is 2.20. The number of nitrogens with one attached hydrogen (secondary N) is 1. The molecule has 0 aliphatic heterocycles. The number of benzene rings is 2. The van der Waals surface area contributed by atoms with Crippen molar-refractivity contribution in [2.75, 3.05) is 5.32 Å². The van der Waals surface area contributed by atoms with Crippen molar-refractivity contribution in [2.45, 2.75) is 6.92 Å². The summed E-state index contributed by atoms with van der Waals surface area (Å²) in [6, 6.07) is 19.2. The number of nitrogens with zero attached hydrogens (tertiary/aromatic N) is 1. The highest BCUT2D eigenvalue weighted by atomic mass is 16.4. The summed E-state index contributed by atoms with van der Waals surface area (Å²) in [6.45, 7) is 1.79. The molecule has 3 aromatic rings. The van der Waals surface area contributed by atoms with Crippen molar-refractivity contribution >= 4 is 11.7 Å². The number of aromatic nitrogens is 1. The van der Waals surface area contributed by atoms with Gasteiger partial charge >= 0.3 is 0 Å². The molecule has 1 N–H and O–H groups in total. The van der Waals surface area contributed by atoms with Gasteiger partial charge in [-0.25, -0.2) is 0 Å². The molecule has 1 aromatic heterocycles. The summed E-state index contributed by atoms with van der Waals surface area (Å²) in [5.74, 6) is 1.19. The fraction of sp³-hybridized carbons (Fsp3) is 0.0526. The quantitative estimate of drug-likeness (QED) is 0.721. The van der Waals surface area contributed by atoms with Gasteiger partial charge in [0, 0.05) is 11.1 Å². The molecular weight excluding hydrogens is 288 g/mol. The first-order chi connectivity index (χ1) is 11.3. The second-order valence-electron chi connectivity index (χ2n) is 4.92. The Hall–Kier alpha value is -3.14. The first-order valence-corrected chi connectivity index (χ1v) is 7.33. The lowest BCUT2D eigenvalue weighted by atomic mass is 10.2. The van der Waals surface area contributed by atoms with Crippen LogP contribution in [0.4, 0.5) is 5.82 Å². The molecule has 1 amide bonds. The molecule has 0 saturated carbocycles. The number of rotatable bonds is 4. The normalized spacial score (nSPS) is 10.8. The highest BCUT2D eigenvalue weighted by molar-refractivity contribution is 6.00. The van der Waals surface area contributed by atoms with Crippen LogP contribution in [-0.2, 0) is 4.79 Å². The number of carbonyl (C=O) groups is 1. The standard InChI is InChI=1S/C19H16N2O2/c1-2-9-16(22)20-18-17(14-10-5-3-6-11-14)23-19(21-18)15-12-7-4-8-13-15/h2-13H,1H3,(H,20,22)/b9-2+. The maximum Gasteiger partial charge on any atom is 0.249 e. The maximum atomic E-state index is 11.9. The Morgan fingerprint density at radius 2 is 1.61 bits per heavy atom. The second kappa shape index (κ2) is 6.75. The van der Waals surface area contributed by atoms with Crippen LogP contribution in [0.2, 0.25) is 0 Å². The van der Waals surface area contributed by atoms with E-state index in [0.29, 0.717) is 17.5 Å². The molecule has 4 nitrogen and oxygen atoms in total. The van der Waals surface area contributed by atoms with Gasteiger partial charge in [0.2, 0.25) is 11.8 Å². The largest absolute Gasteiger partial charge is 0.434 e. The van der Waals surface area contributed by atoms with Gasteiger partial charge in [-0.15, -0.1) is 0 Å². The van der Waals surface area contributed by atoms with Crippen LogP contribution in [0.3, 0.4) is 0 Å². The smallest absolute Gasteiger partial charge is 0.249 e. The summed E-state index contributed by atoms with van der Waals surface area (Å²) in [7, 11) is 0. The molecule has 1 heterocycles. The first-order valence-electron chi connectivity index (χ1n) is 7.33. The summed E-state index contributed by atoms with van der Waals surface area (Å²) in [5.41, 5.74) is 1.72. The van der Waals surface area contributed by atoms with Crippen LogP contribution in [0, 0.1) is 0 Å². The Kier molecular flexibility index (Phi) is 4.34. The molecule has 0 saturated heterocycles. The van der Waals surface area contributed by atoms with Crippen LogP contribution in [0.25, 0.3) is 22.8 Å². The number of oxazole rings is 1. The topological polar surface area (TPSA) is 55.1 Å². The van der Waals surface area contributed by atoms with Gasteiger partial charge < -0.3 is 9.73 Å². The minimum Gasteiger partial charge on any atom is -0.434 e. The van der Waals surface area contributed by atoms with E-state index in [2.05, 4.69) is 10.3 Å². The van der Waals surface area contributed by atoms with Crippen LogP contribution in [0.1, 0.15) is 6.92 Å². The molecule has 0 spiro atoms. The van der Waals surface area contributed by atoms with Crippen LogP contribution >= 0.6 is 0 Å². The van der Waals surface area contributed by atoms with E-state index >= 15 is 0 Å². The highest BCUT2D eigenvalue weighted by Gasteiger charge is 2.17. The number of anilines is 1. The molecule has 0 bridgehead atoms. The number of allylic oxidation sites excluding steroid dienone is 1. The molecule has 0 atom stereocenters. The van der Waals surface area contributed by atoms with Crippen molar-refractivity contribution < 1.29 is 9.21 Å². The van der Waals surface area contributed by atoms with Crippen molar-refractivity contribution in [3.8, 4) is 22.8 Å². The summed E-state index contributed by atoms with van der Waals surface area (Å²) in [5, 5.41) is 2.77. The third-order valence-corrected chi connectivity index (χ3v) is 3.24. The Morgan fingerprint density at radius 3 is 2.22 bits per heavy atom. The van der Waals surface area contributed by atoms with Crippen LogP contribution < -0.4 is 5.32 Å². The third-order valence-electron chi connectivity index (χ3n) is 3.24. The lowest BCUT2D eigenvalue weighted by molar-refractivity contribution is -0.111. The van der Waals surface area contributed by atoms with Gasteiger partial charge in [-0.3, -0.25) is 4.79 Å². The summed E-state index contributed by atoms with van der Waals surface area (Å²) in [6.07, 6.45) is 3.13. The molecule has 4 heteroatoms. The zero-order chi connectivity index (χ0) is 16.1. The number of carbonyl (C=O) groups excluding carboxylic acids is 1. The van der Waals surface area contributed by atoms with Gasteiger partial charge in [0.25, 0.3) is 0 Å². The van der Waals surface area contributed by atoms with Crippen molar-refractivity contribution in [3.63, 3.8) is 0 Å². The molecule has 114 valence electrons. The minimum atomic E-state index is -0.238. The number of hydrogen-bond donors (Lipinski definition) is 1. The Balaban J connectivity index is 2.05. The lowest BCUT2D eigenvalue weighted by Gasteiger charge is -2.01. The summed E-state index contributed by atoms with van der Waals surface area (Å²) < 4.78 is 5.92. The highest BCUT2D eigenvalue weighted by Crippen LogP contribution is 2.32. The predicted molar refractivity (Wildman–Crippen MR) is 90.8 cm³/mol. The zero-order valence-corrected chi connectivity index (χ0v) is 12.7. The average Bonchev–Trinajstić information content (AvgIpc) is 3.00. The molecule has 2 aromatic carbocycles. The lowest BCUT2D eigenvalue weighted by Crippen LogP contribution is -2.08.